The number of rotatable bonds is 3. The van der Waals surface area contributed by atoms with Crippen molar-refractivity contribution < 1.29 is 4.79 Å². The molecule has 0 aliphatic carbocycles. The van der Waals surface area contributed by atoms with Crippen LogP contribution >= 0.6 is 15.9 Å². The standard InChI is InChI=1S/C14H20BrN3O/c1-17-8-10-18(11-9-17)14(19)16-7-6-12-2-4-13(15)5-3-12/h2-5H,6-11H2,1H3,(H,16,19). The van der Waals surface area contributed by atoms with Gasteiger partial charge in [-0.3, -0.25) is 0 Å². The number of carbonyl (C=O) groups is 1. The molecule has 0 atom stereocenters. The minimum absolute atomic E-state index is 0.0604. The number of amides is 2. The largest absolute Gasteiger partial charge is 0.338 e. The monoisotopic (exact) mass is 325 g/mol. The number of hydrogen-bond acceptors (Lipinski definition) is 2. The highest BCUT2D eigenvalue weighted by Gasteiger charge is 2.18. The van der Waals surface area contributed by atoms with Crippen LogP contribution in [0.2, 0.25) is 0 Å². The average Bonchev–Trinajstić information content (AvgIpc) is 2.41. The summed E-state index contributed by atoms with van der Waals surface area (Å²) in [5.41, 5.74) is 1.24. The molecule has 1 saturated heterocycles. The van der Waals surface area contributed by atoms with Crippen LogP contribution in [0.1, 0.15) is 5.56 Å². The van der Waals surface area contributed by atoms with Crippen LogP contribution in [0.5, 0.6) is 0 Å². The van der Waals surface area contributed by atoms with Crippen LogP contribution in [0, 0.1) is 0 Å². The number of likely N-dealkylation sites (N-methyl/N-ethyl adjacent to an activating group) is 1. The molecule has 0 aromatic heterocycles. The van der Waals surface area contributed by atoms with Crippen LogP contribution in [0.4, 0.5) is 4.79 Å². The van der Waals surface area contributed by atoms with E-state index >= 15 is 0 Å². The zero-order valence-corrected chi connectivity index (χ0v) is 12.8. The van der Waals surface area contributed by atoms with E-state index < -0.39 is 0 Å². The minimum Gasteiger partial charge on any atom is -0.338 e. The van der Waals surface area contributed by atoms with Crippen molar-refractivity contribution in [3.8, 4) is 0 Å². The Hall–Kier alpha value is -1.07. The molecule has 0 bridgehead atoms. The van der Waals surface area contributed by atoms with Gasteiger partial charge in [-0.05, 0) is 31.2 Å². The highest BCUT2D eigenvalue weighted by molar-refractivity contribution is 9.10. The van der Waals surface area contributed by atoms with Crippen molar-refractivity contribution in [1.82, 2.24) is 15.1 Å². The molecule has 19 heavy (non-hydrogen) atoms. The maximum absolute atomic E-state index is 11.9. The third-order valence-corrected chi connectivity index (χ3v) is 3.92. The van der Waals surface area contributed by atoms with Gasteiger partial charge in [-0.1, -0.05) is 28.1 Å². The van der Waals surface area contributed by atoms with Crippen LogP contribution < -0.4 is 5.32 Å². The smallest absolute Gasteiger partial charge is 0.317 e. The molecule has 1 aromatic carbocycles. The highest BCUT2D eigenvalue weighted by Crippen LogP contribution is 2.10. The van der Waals surface area contributed by atoms with Gasteiger partial charge < -0.3 is 15.1 Å². The van der Waals surface area contributed by atoms with Crippen LogP contribution in [0.3, 0.4) is 0 Å². The quantitative estimate of drug-likeness (QED) is 0.922. The van der Waals surface area contributed by atoms with E-state index in [0.29, 0.717) is 6.54 Å². The first-order chi connectivity index (χ1) is 9.15. The summed E-state index contributed by atoms with van der Waals surface area (Å²) in [5.74, 6) is 0. The summed E-state index contributed by atoms with van der Waals surface area (Å²) >= 11 is 3.41. The van der Waals surface area contributed by atoms with Gasteiger partial charge in [0.1, 0.15) is 0 Å². The predicted molar refractivity (Wildman–Crippen MR) is 80.3 cm³/mol. The number of carbonyl (C=O) groups excluding carboxylic acids is 1. The fourth-order valence-corrected chi connectivity index (χ4v) is 2.35. The van der Waals surface area contributed by atoms with Gasteiger partial charge in [-0.15, -0.1) is 0 Å². The van der Waals surface area contributed by atoms with E-state index in [-0.39, 0.29) is 6.03 Å². The molecular weight excluding hydrogens is 306 g/mol. The second kappa shape index (κ2) is 6.91. The van der Waals surface area contributed by atoms with E-state index in [2.05, 4.69) is 45.3 Å². The lowest BCUT2D eigenvalue weighted by molar-refractivity contribution is 0.154. The normalized spacial score (nSPS) is 16.4. The van der Waals surface area contributed by atoms with Gasteiger partial charge >= 0.3 is 6.03 Å². The van der Waals surface area contributed by atoms with Gasteiger partial charge in [0, 0.05) is 37.2 Å². The van der Waals surface area contributed by atoms with Gasteiger partial charge in [-0.2, -0.15) is 0 Å². The molecule has 0 unspecified atom stereocenters. The molecule has 5 heteroatoms. The zero-order valence-electron chi connectivity index (χ0n) is 11.2. The SMILES string of the molecule is CN1CCN(C(=O)NCCc2ccc(Br)cc2)CC1. The van der Waals surface area contributed by atoms with Crippen molar-refractivity contribution in [2.24, 2.45) is 0 Å². The summed E-state index contributed by atoms with van der Waals surface area (Å²) in [4.78, 5) is 16.1. The van der Waals surface area contributed by atoms with E-state index in [9.17, 15) is 4.79 Å². The molecule has 1 aliphatic heterocycles. The topological polar surface area (TPSA) is 35.6 Å². The first kappa shape index (κ1) is 14.3. The lowest BCUT2D eigenvalue weighted by Crippen LogP contribution is -2.50. The number of piperazine rings is 1. The summed E-state index contributed by atoms with van der Waals surface area (Å²) in [6.07, 6.45) is 0.868. The lowest BCUT2D eigenvalue weighted by atomic mass is 10.1. The van der Waals surface area contributed by atoms with E-state index in [4.69, 9.17) is 0 Å². The molecule has 1 aliphatic rings. The van der Waals surface area contributed by atoms with Crippen molar-refractivity contribution in [2.75, 3.05) is 39.8 Å². The van der Waals surface area contributed by atoms with Crippen molar-refractivity contribution in [1.29, 1.82) is 0 Å². The summed E-state index contributed by atoms with van der Waals surface area (Å²) in [7, 11) is 2.09. The number of urea groups is 1. The lowest BCUT2D eigenvalue weighted by Gasteiger charge is -2.32. The van der Waals surface area contributed by atoms with Crippen molar-refractivity contribution in [2.45, 2.75) is 6.42 Å². The number of nitrogens with zero attached hydrogens (tertiary/aromatic N) is 2. The molecule has 104 valence electrons. The van der Waals surface area contributed by atoms with Gasteiger partial charge in [0.25, 0.3) is 0 Å². The molecule has 2 amide bonds. The Morgan fingerprint density at radius 1 is 1.21 bits per heavy atom. The van der Waals surface area contributed by atoms with Crippen LogP contribution in [0.25, 0.3) is 0 Å². The Kier molecular flexibility index (Phi) is 5.22. The van der Waals surface area contributed by atoms with E-state index in [1.54, 1.807) is 0 Å². The Bertz CT molecular complexity index is 413. The molecule has 0 radical (unpaired) electrons. The molecule has 2 rings (SSSR count). The van der Waals surface area contributed by atoms with Crippen molar-refractivity contribution in [3.05, 3.63) is 34.3 Å². The molecular formula is C14H20BrN3O. The molecule has 0 saturated carbocycles. The minimum atomic E-state index is 0.0604. The van der Waals surface area contributed by atoms with E-state index in [1.165, 1.54) is 5.56 Å². The maximum Gasteiger partial charge on any atom is 0.317 e. The third-order valence-electron chi connectivity index (χ3n) is 3.39. The zero-order chi connectivity index (χ0) is 13.7. The maximum atomic E-state index is 11.9. The predicted octanol–water partition coefficient (Wildman–Crippen LogP) is 1.95. The highest BCUT2D eigenvalue weighted by atomic mass is 79.9. The van der Waals surface area contributed by atoms with E-state index in [0.717, 1.165) is 37.1 Å². The Balaban J connectivity index is 1.70. The molecule has 1 aromatic rings. The summed E-state index contributed by atoms with van der Waals surface area (Å²) in [6.45, 7) is 4.24. The second-order valence-electron chi connectivity index (χ2n) is 4.90. The molecule has 1 N–H and O–H groups in total. The first-order valence-electron chi connectivity index (χ1n) is 6.61. The van der Waals surface area contributed by atoms with Crippen LogP contribution in [-0.2, 0) is 6.42 Å². The first-order valence-corrected chi connectivity index (χ1v) is 7.40. The summed E-state index contributed by atoms with van der Waals surface area (Å²) in [5, 5.41) is 2.99. The van der Waals surface area contributed by atoms with Crippen molar-refractivity contribution in [3.63, 3.8) is 0 Å². The Morgan fingerprint density at radius 2 is 1.84 bits per heavy atom. The third kappa shape index (κ3) is 4.51. The Morgan fingerprint density at radius 3 is 2.47 bits per heavy atom. The summed E-state index contributed by atoms with van der Waals surface area (Å²) in [6, 6.07) is 8.26. The number of nitrogens with one attached hydrogen (secondary N) is 1. The fraction of sp³-hybridized carbons (Fsp3) is 0.500. The number of benzene rings is 1. The van der Waals surface area contributed by atoms with Gasteiger partial charge in [0.15, 0.2) is 0 Å². The second-order valence-corrected chi connectivity index (χ2v) is 5.81. The van der Waals surface area contributed by atoms with Crippen LogP contribution in [0.15, 0.2) is 28.7 Å². The van der Waals surface area contributed by atoms with Crippen LogP contribution in [-0.4, -0.2) is 55.6 Å². The van der Waals surface area contributed by atoms with E-state index in [1.807, 2.05) is 17.0 Å². The molecule has 4 nitrogen and oxygen atoms in total. The molecule has 1 heterocycles. The summed E-state index contributed by atoms with van der Waals surface area (Å²) < 4.78 is 1.08. The van der Waals surface area contributed by atoms with Crippen molar-refractivity contribution >= 4 is 22.0 Å². The fourth-order valence-electron chi connectivity index (χ4n) is 2.09. The van der Waals surface area contributed by atoms with Gasteiger partial charge in [0.05, 0.1) is 0 Å². The van der Waals surface area contributed by atoms with Gasteiger partial charge in [-0.25, -0.2) is 4.79 Å². The average molecular weight is 326 g/mol. The molecule has 0 spiro atoms. The number of hydrogen-bond donors (Lipinski definition) is 1. The van der Waals surface area contributed by atoms with Gasteiger partial charge in [0.2, 0.25) is 0 Å². The number of halogens is 1. The molecule has 1 fully saturated rings. The Labute approximate surface area is 122 Å².